The normalized spacial score (nSPS) is 24.0. The molecule has 3 N–H and O–H groups in total. The summed E-state index contributed by atoms with van der Waals surface area (Å²) in [5.74, 6) is -0.187. The Bertz CT molecular complexity index is 782. The Labute approximate surface area is 142 Å². The number of rotatable bonds is 4. The van der Waals surface area contributed by atoms with Crippen LogP contribution in [0.1, 0.15) is 46.2 Å². The average molecular weight is 346 g/mol. The SMILES string of the molecule is NC(=O)c1cc2c(C3CCC(C(=O)NC4CC4)S3)cccc2s1. The molecule has 2 heterocycles. The van der Waals surface area contributed by atoms with E-state index in [1.54, 1.807) is 11.8 Å². The van der Waals surface area contributed by atoms with Gasteiger partial charge in [0.1, 0.15) is 0 Å². The molecule has 2 fully saturated rings. The molecule has 0 spiro atoms. The highest BCUT2D eigenvalue weighted by Crippen LogP contribution is 2.47. The highest BCUT2D eigenvalue weighted by Gasteiger charge is 2.34. The van der Waals surface area contributed by atoms with E-state index in [4.69, 9.17) is 5.73 Å². The van der Waals surface area contributed by atoms with Gasteiger partial charge in [-0.3, -0.25) is 9.59 Å². The number of amides is 2. The van der Waals surface area contributed by atoms with E-state index in [-0.39, 0.29) is 17.1 Å². The van der Waals surface area contributed by atoms with Crippen molar-refractivity contribution < 1.29 is 9.59 Å². The summed E-state index contributed by atoms with van der Waals surface area (Å²) in [4.78, 5) is 24.3. The van der Waals surface area contributed by atoms with Crippen molar-refractivity contribution in [1.29, 1.82) is 0 Å². The molecule has 1 saturated heterocycles. The van der Waals surface area contributed by atoms with E-state index in [1.165, 1.54) is 16.9 Å². The molecule has 1 aromatic heterocycles. The van der Waals surface area contributed by atoms with Crippen LogP contribution in [0.4, 0.5) is 0 Å². The van der Waals surface area contributed by atoms with Gasteiger partial charge in [-0.2, -0.15) is 0 Å². The molecule has 2 amide bonds. The summed E-state index contributed by atoms with van der Waals surface area (Å²) in [5, 5.41) is 4.56. The van der Waals surface area contributed by atoms with Gasteiger partial charge in [-0.25, -0.2) is 0 Å². The van der Waals surface area contributed by atoms with Crippen LogP contribution in [0, 0.1) is 0 Å². The van der Waals surface area contributed by atoms with Gasteiger partial charge in [0.2, 0.25) is 5.91 Å². The number of carbonyl (C=O) groups excluding carboxylic acids is 2. The molecule has 1 saturated carbocycles. The quantitative estimate of drug-likeness (QED) is 0.893. The van der Waals surface area contributed by atoms with E-state index < -0.39 is 0 Å². The van der Waals surface area contributed by atoms with Crippen molar-refractivity contribution in [2.45, 2.75) is 42.2 Å². The lowest BCUT2D eigenvalue weighted by atomic mass is 10.0. The first-order chi connectivity index (χ1) is 11.1. The molecule has 2 unspecified atom stereocenters. The number of nitrogens with two attached hydrogens (primary N) is 1. The number of fused-ring (bicyclic) bond motifs is 1. The molecular weight excluding hydrogens is 328 g/mol. The molecule has 1 aromatic carbocycles. The van der Waals surface area contributed by atoms with Crippen LogP contribution in [0.25, 0.3) is 10.1 Å². The zero-order chi connectivity index (χ0) is 16.0. The maximum absolute atomic E-state index is 12.2. The Morgan fingerprint density at radius 3 is 2.74 bits per heavy atom. The Hall–Kier alpha value is -1.53. The van der Waals surface area contributed by atoms with E-state index >= 15 is 0 Å². The third-order valence-corrected chi connectivity index (χ3v) is 7.13. The molecule has 0 bridgehead atoms. The van der Waals surface area contributed by atoms with Crippen molar-refractivity contribution >= 4 is 45.0 Å². The predicted octanol–water partition coefficient (Wildman–Crippen LogP) is 3.22. The fourth-order valence-corrected chi connectivity index (χ4v) is 5.50. The summed E-state index contributed by atoms with van der Waals surface area (Å²) in [6.07, 6.45) is 4.15. The first-order valence-electron chi connectivity index (χ1n) is 7.90. The summed E-state index contributed by atoms with van der Waals surface area (Å²) >= 11 is 3.19. The number of primary amides is 1. The second-order valence-electron chi connectivity index (χ2n) is 6.21. The molecule has 2 atom stereocenters. The van der Waals surface area contributed by atoms with Gasteiger partial charge in [-0.1, -0.05) is 12.1 Å². The Morgan fingerprint density at radius 2 is 2.00 bits per heavy atom. The molecule has 1 aliphatic heterocycles. The lowest BCUT2D eigenvalue weighted by Crippen LogP contribution is -2.32. The third kappa shape index (κ3) is 2.97. The number of carbonyl (C=O) groups is 2. The summed E-state index contributed by atoms with van der Waals surface area (Å²) < 4.78 is 1.09. The minimum atomic E-state index is -0.377. The maximum atomic E-state index is 12.2. The topological polar surface area (TPSA) is 72.2 Å². The van der Waals surface area contributed by atoms with Crippen molar-refractivity contribution in [2.24, 2.45) is 5.73 Å². The van der Waals surface area contributed by atoms with Crippen molar-refractivity contribution in [1.82, 2.24) is 5.32 Å². The zero-order valence-corrected chi connectivity index (χ0v) is 14.2. The number of hydrogen-bond acceptors (Lipinski definition) is 4. The molecule has 23 heavy (non-hydrogen) atoms. The molecule has 1 aliphatic carbocycles. The van der Waals surface area contributed by atoms with E-state index in [9.17, 15) is 9.59 Å². The molecule has 0 radical (unpaired) electrons. The van der Waals surface area contributed by atoms with Crippen LogP contribution < -0.4 is 11.1 Å². The van der Waals surface area contributed by atoms with Gasteiger partial charge >= 0.3 is 0 Å². The molecule has 6 heteroatoms. The lowest BCUT2D eigenvalue weighted by Gasteiger charge is -2.13. The van der Waals surface area contributed by atoms with Crippen molar-refractivity contribution in [3.8, 4) is 0 Å². The van der Waals surface area contributed by atoms with Crippen molar-refractivity contribution in [3.63, 3.8) is 0 Å². The summed E-state index contributed by atoms with van der Waals surface area (Å²) in [6.45, 7) is 0. The smallest absolute Gasteiger partial charge is 0.258 e. The van der Waals surface area contributed by atoms with Gasteiger partial charge in [0, 0.05) is 16.0 Å². The Kier molecular flexibility index (Phi) is 3.81. The zero-order valence-electron chi connectivity index (χ0n) is 12.6. The fourth-order valence-electron chi connectivity index (χ4n) is 3.07. The largest absolute Gasteiger partial charge is 0.365 e. The van der Waals surface area contributed by atoms with Crippen LogP contribution in [0.5, 0.6) is 0 Å². The molecule has 120 valence electrons. The third-order valence-electron chi connectivity index (χ3n) is 4.42. The number of thiophene rings is 1. The maximum Gasteiger partial charge on any atom is 0.258 e. The number of benzene rings is 1. The Morgan fingerprint density at radius 1 is 1.17 bits per heavy atom. The van der Waals surface area contributed by atoms with Crippen LogP contribution in [0.2, 0.25) is 0 Å². The lowest BCUT2D eigenvalue weighted by molar-refractivity contribution is -0.120. The minimum Gasteiger partial charge on any atom is -0.365 e. The molecule has 4 rings (SSSR count). The second-order valence-corrected chi connectivity index (χ2v) is 8.70. The Balaban J connectivity index is 1.57. The summed E-state index contributed by atoms with van der Waals surface area (Å²) in [7, 11) is 0. The van der Waals surface area contributed by atoms with Crippen LogP contribution >= 0.6 is 23.1 Å². The highest BCUT2D eigenvalue weighted by molar-refractivity contribution is 8.01. The van der Waals surface area contributed by atoms with E-state index in [1.807, 2.05) is 18.2 Å². The number of thioether (sulfide) groups is 1. The average Bonchev–Trinajstić information content (AvgIpc) is 3.06. The first kappa shape index (κ1) is 15.0. The van der Waals surface area contributed by atoms with E-state index in [0.29, 0.717) is 16.2 Å². The predicted molar refractivity (Wildman–Crippen MR) is 94.9 cm³/mol. The van der Waals surface area contributed by atoms with Gasteiger partial charge < -0.3 is 11.1 Å². The van der Waals surface area contributed by atoms with Gasteiger partial charge in [0.15, 0.2) is 0 Å². The van der Waals surface area contributed by atoms with Gasteiger partial charge in [-0.05, 0) is 48.8 Å². The van der Waals surface area contributed by atoms with Crippen molar-refractivity contribution in [2.75, 3.05) is 0 Å². The fraction of sp³-hybridized carbons (Fsp3) is 0.412. The van der Waals surface area contributed by atoms with E-state index in [0.717, 1.165) is 35.8 Å². The van der Waals surface area contributed by atoms with Crippen LogP contribution in [0.3, 0.4) is 0 Å². The van der Waals surface area contributed by atoms with Gasteiger partial charge in [0.25, 0.3) is 5.91 Å². The van der Waals surface area contributed by atoms with Gasteiger partial charge in [-0.15, -0.1) is 23.1 Å². The van der Waals surface area contributed by atoms with Crippen LogP contribution in [0.15, 0.2) is 24.3 Å². The second kappa shape index (κ2) is 5.83. The van der Waals surface area contributed by atoms with E-state index in [2.05, 4.69) is 11.4 Å². The van der Waals surface area contributed by atoms with Gasteiger partial charge in [0.05, 0.1) is 10.1 Å². The standard InChI is InChI=1S/C17H18N2O2S2/c18-16(20)15-8-11-10(2-1-3-12(11)23-15)13-6-7-14(22-13)17(21)19-9-4-5-9/h1-3,8-9,13-14H,4-7H2,(H2,18,20)(H,19,21). The van der Waals surface area contributed by atoms with Crippen LogP contribution in [-0.2, 0) is 4.79 Å². The number of nitrogens with one attached hydrogen (secondary N) is 1. The highest BCUT2D eigenvalue weighted by atomic mass is 32.2. The summed E-state index contributed by atoms with van der Waals surface area (Å²) in [6, 6.07) is 8.47. The molecule has 2 aromatic rings. The minimum absolute atomic E-state index is 0.0464. The number of hydrogen-bond donors (Lipinski definition) is 2. The monoisotopic (exact) mass is 346 g/mol. The molecule has 4 nitrogen and oxygen atoms in total. The summed E-state index contributed by atoms with van der Waals surface area (Å²) in [5.41, 5.74) is 6.63. The van der Waals surface area contributed by atoms with Crippen LogP contribution in [-0.4, -0.2) is 23.1 Å². The van der Waals surface area contributed by atoms with Crippen molar-refractivity contribution in [3.05, 3.63) is 34.7 Å². The first-order valence-corrected chi connectivity index (χ1v) is 9.66. The molecular formula is C17H18N2O2S2. The molecule has 2 aliphatic rings.